The van der Waals surface area contributed by atoms with E-state index in [9.17, 15) is 14.7 Å². The first-order chi connectivity index (χ1) is 8.09. The maximum absolute atomic E-state index is 12.3. The number of aliphatic carboxylic acids is 1. The van der Waals surface area contributed by atoms with Crippen LogP contribution < -0.4 is 0 Å². The van der Waals surface area contributed by atoms with Gasteiger partial charge in [0.2, 0.25) is 5.91 Å². The van der Waals surface area contributed by atoms with E-state index < -0.39 is 12.0 Å². The van der Waals surface area contributed by atoms with Gasteiger partial charge in [0.25, 0.3) is 0 Å². The van der Waals surface area contributed by atoms with Gasteiger partial charge in [0.1, 0.15) is 6.04 Å². The van der Waals surface area contributed by atoms with Crippen LogP contribution in [0.25, 0.3) is 0 Å². The average molecular weight is 257 g/mol. The standard InChI is InChI=1S/C12H19NO3S/c1-8-4-5-13(9(7-8)12(15)16)11(14)10-3-2-6-17-10/h8-10H,2-7H2,1H3,(H,15,16). The number of thioether (sulfide) groups is 1. The number of piperidine rings is 1. The molecule has 1 N–H and O–H groups in total. The predicted octanol–water partition coefficient (Wildman–Crippen LogP) is 1.59. The molecule has 2 heterocycles. The van der Waals surface area contributed by atoms with Crippen molar-refractivity contribution in [2.24, 2.45) is 5.92 Å². The van der Waals surface area contributed by atoms with Gasteiger partial charge < -0.3 is 10.0 Å². The van der Waals surface area contributed by atoms with Crippen LogP contribution >= 0.6 is 11.8 Å². The van der Waals surface area contributed by atoms with Gasteiger partial charge in [-0.25, -0.2) is 4.79 Å². The highest BCUT2D eigenvalue weighted by Crippen LogP contribution is 2.31. The van der Waals surface area contributed by atoms with Crippen LogP contribution in [0.1, 0.15) is 32.6 Å². The molecule has 0 bridgehead atoms. The van der Waals surface area contributed by atoms with Gasteiger partial charge in [0, 0.05) is 6.54 Å². The Morgan fingerprint density at radius 2 is 2.12 bits per heavy atom. The van der Waals surface area contributed by atoms with E-state index in [0.29, 0.717) is 18.9 Å². The molecule has 17 heavy (non-hydrogen) atoms. The fraction of sp³-hybridized carbons (Fsp3) is 0.833. The minimum atomic E-state index is -0.854. The smallest absolute Gasteiger partial charge is 0.326 e. The number of nitrogens with zero attached hydrogens (tertiary/aromatic N) is 1. The third-order valence-electron chi connectivity index (χ3n) is 3.64. The Bertz CT molecular complexity index is 315. The number of carboxylic acids is 1. The lowest BCUT2D eigenvalue weighted by Gasteiger charge is -2.37. The first kappa shape index (κ1) is 12.7. The number of hydrogen-bond donors (Lipinski definition) is 1. The van der Waals surface area contributed by atoms with Crippen molar-refractivity contribution in [2.75, 3.05) is 12.3 Å². The Balaban J connectivity index is 2.06. The van der Waals surface area contributed by atoms with Crippen LogP contribution in [0.5, 0.6) is 0 Å². The summed E-state index contributed by atoms with van der Waals surface area (Å²) in [5.41, 5.74) is 0. The normalized spacial score (nSPS) is 33.7. The summed E-state index contributed by atoms with van der Waals surface area (Å²) in [6.07, 6.45) is 3.50. The molecular weight excluding hydrogens is 238 g/mol. The van der Waals surface area contributed by atoms with Crippen LogP contribution in [-0.2, 0) is 9.59 Å². The Morgan fingerprint density at radius 1 is 1.35 bits per heavy atom. The van der Waals surface area contributed by atoms with E-state index in [1.54, 1.807) is 16.7 Å². The third-order valence-corrected chi connectivity index (χ3v) is 5.00. The molecule has 5 heteroatoms. The molecular formula is C12H19NO3S. The zero-order valence-electron chi connectivity index (χ0n) is 10.1. The molecule has 0 aliphatic carbocycles. The molecule has 1 amide bonds. The fourth-order valence-corrected chi connectivity index (χ4v) is 3.83. The molecule has 0 spiro atoms. The van der Waals surface area contributed by atoms with E-state index in [0.717, 1.165) is 25.0 Å². The van der Waals surface area contributed by atoms with Gasteiger partial charge in [-0.1, -0.05) is 6.92 Å². The number of hydrogen-bond acceptors (Lipinski definition) is 3. The lowest BCUT2D eigenvalue weighted by atomic mass is 9.92. The van der Waals surface area contributed by atoms with Crippen LogP contribution in [0.15, 0.2) is 0 Å². The molecule has 0 radical (unpaired) electrons. The molecule has 0 aromatic carbocycles. The summed E-state index contributed by atoms with van der Waals surface area (Å²) in [6.45, 7) is 2.66. The van der Waals surface area contributed by atoms with Gasteiger partial charge in [-0.2, -0.15) is 0 Å². The summed E-state index contributed by atoms with van der Waals surface area (Å²) in [5.74, 6) is 0.620. The zero-order chi connectivity index (χ0) is 12.4. The molecule has 2 aliphatic heterocycles. The van der Waals surface area contributed by atoms with Crippen molar-refractivity contribution in [2.45, 2.75) is 43.9 Å². The maximum atomic E-state index is 12.3. The van der Waals surface area contributed by atoms with Crippen molar-refractivity contribution in [1.29, 1.82) is 0 Å². The van der Waals surface area contributed by atoms with Crippen LogP contribution in [0, 0.1) is 5.92 Å². The highest BCUT2D eigenvalue weighted by atomic mass is 32.2. The lowest BCUT2D eigenvalue weighted by molar-refractivity contribution is -0.152. The molecule has 2 fully saturated rings. The molecule has 4 nitrogen and oxygen atoms in total. The van der Waals surface area contributed by atoms with Crippen molar-refractivity contribution in [3.8, 4) is 0 Å². The van der Waals surface area contributed by atoms with Gasteiger partial charge in [0.05, 0.1) is 5.25 Å². The lowest BCUT2D eigenvalue weighted by Crippen LogP contribution is -2.52. The number of rotatable bonds is 2. The Hall–Kier alpha value is -0.710. The highest BCUT2D eigenvalue weighted by Gasteiger charge is 2.38. The van der Waals surface area contributed by atoms with E-state index in [-0.39, 0.29) is 11.2 Å². The number of carboxylic acid groups (broad SMARTS) is 1. The Morgan fingerprint density at radius 3 is 2.71 bits per heavy atom. The second kappa shape index (κ2) is 5.29. The van der Waals surface area contributed by atoms with E-state index in [1.165, 1.54) is 0 Å². The number of likely N-dealkylation sites (tertiary alicyclic amines) is 1. The Kier molecular flexibility index (Phi) is 3.97. The van der Waals surface area contributed by atoms with Crippen molar-refractivity contribution in [1.82, 2.24) is 4.90 Å². The van der Waals surface area contributed by atoms with Crippen molar-refractivity contribution >= 4 is 23.6 Å². The maximum Gasteiger partial charge on any atom is 0.326 e. The first-order valence-electron chi connectivity index (χ1n) is 6.24. The van der Waals surface area contributed by atoms with Gasteiger partial charge in [-0.3, -0.25) is 4.79 Å². The molecule has 0 aromatic heterocycles. The first-order valence-corrected chi connectivity index (χ1v) is 7.29. The molecule has 0 aromatic rings. The van der Waals surface area contributed by atoms with Gasteiger partial charge in [-0.05, 0) is 37.4 Å². The summed E-state index contributed by atoms with van der Waals surface area (Å²) >= 11 is 1.67. The SMILES string of the molecule is CC1CCN(C(=O)C2CCCS2)C(C(=O)O)C1. The van der Waals surface area contributed by atoms with E-state index >= 15 is 0 Å². The molecule has 0 saturated carbocycles. The van der Waals surface area contributed by atoms with E-state index in [4.69, 9.17) is 0 Å². The predicted molar refractivity (Wildman–Crippen MR) is 67.0 cm³/mol. The average Bonchev–Trinajstić information content (AvgIpc) is 2.81. The number of amides is 1. The largest absolute Gasteiger partial charge is 0.480 e. The zero-order valence-corrected chi connectivity index (χ0v) is 10.9. The number of carbonyl (C=O) groups is 2. The summed E-state index contributed by atoms with van der Waals surface area (Å²) in [5, 5.41) is 9.22. The summed E-state index contributed by atoms with van der Waals surface area (Å²) in [4.78, 5) is 25.1. The topological polar surface area (TPSA) is 57.6 Å². The van der Waals surface area contributed by atoms with Crippen molar-refractivity contribution in [3.63, 3.8) is 0 Å². The molecule has 96 valence electrons. The molecule has 2 rings (SSSR count). The minimum absolute atomic E-state index is 0.00487. The fourth-order valence-electron chi connectivity index (χ4n) is 2.60. The van der Waals surface area contributed by atoms with E-state index in [1.807, 2.05) is 0 Å². The number of carbonyl (C=O) groups excluding carboxylic acids is 1. The van der Waals surface area contributed by atoms with Gasteiger partial charge in [-0.15, -0.1) is 11.8 Å². The molecule has 3 unspecified atom stereocenters. The van der Waals surface area contributed by atoms with Crippen LogP contribution in [0.3, 0.4) is 0 Å². The molecule has 3 atom stereocenters. The third kappa shape index (κ3) is 2.76. The second-order valence-electron chi connectivity index (χ2n) is 5.02. The van der Waals surface area contributed by atoms with E-state index in [2.05, 4.69) is 6.92 Å². The molecule has 2 saturated heterocycles. The van der Waals surface area contributed by atoms with Gasteiger partial charge in [0.15, 0.2) is 0 Å². The Labute approximate surface area is 106 Å². The monoisotopic (exact) mass is 257 g/mol. The minimum Gasteiger partial charge on any atom is -0.480 e. The van der Waals surface area contributed by atoms with Crippen LogP contribution in [-0.4, -0.2) is 45.5 Å². The van der Waals surface area contributed by atoms with Crippen LogP contribution in [0.2, 0.25) is 0 Å². The van der Waals surface area contributed by atoms with Gasteiger partial charge >= 0.3 is 5.97 Å². The summed E-state index contributed by atoms with van der Waals surface area (Å²) in [7, 11) is 0. The summed E-state index contributed by atoms with van der Waals surface area (Å²) < 4.78 is 0. The quantitative estimate of drug-likeness (QED) is 0.816. The summed E-state index contributed by atoms with van der Waals surface area (Å²) in [6, 6.07) is -0.604. The van der Waals surface area contributed by atoms with Crippen molar-refractivity contribution < 1.29 is 14.7 Å². The van der Waals surface area contributed by atoms with Crippen molar-refractivity contribution in [3.05, 3.63) is 0 Å². The highest BCUT2D eigenvalue weighted by molar-refractivity contribution is 8.00. The molecule has 2 aliphatic rings. The van der Waals surface area contributed by atoms with Crippen LogP contribution in [0.4, 0.5) is 0 Å². The second-order valence-corrected chi connectivity index (χ2v) is 6.33.